The lowest BCUT2D eigenvalue weighted by Crippen LogP contribution is -2.32. The van der Waals surface area contributed by atoms with Gasteiger partial charge in [0.1, 0.15) is 0 Å². The van der Waals surface area contributed by atoms with Crippen LogP contribution in [0.5, 0.6) is 0 Å². The number of anilines is 1. The zero-order valence-electron chi connectivity index (χ0n) is 15.1. The highest BCUT2D eigenvalue weighted by Gasteiger charge is 2.23. The van der Waals surface area contributed by atoms with E-state index in [0.29, 0.717) is 11.7 Å². The molecule has 0 saturated carbocycles. The number of hydrogen-bond donors (Lipinski definition) is 1. The molecule has 3 nitrogen and oxygen atoms in total. The molecular weight excluding hydrogens is 340 g/mol. The first kappa shape index (κ1) is 17.5. The Morgan fingerprint density at radius 1 is 1.12 bits per heavy atom. The molecule has 0 radical (unpaired) electrons. The van der Waals surface area contributed by atoms with Gasteiger partial charge in [-0.05, 0) is 67.0 Å². The summed E-state index contributed by atoms with van der Waals surface area (Å²) in [7, 11) is 0. The molecule has 1 amide bonds. The summed E-state index contributed by atoms with van der Waals surface area (Å²) in [5.41, 5.74) is 4.25. The third-order valence-corrected chi connectivity index (χ3v) is 6.43. The number of thioether (sulfide) groups is 1. The van der Waals surface area contributed by atoms with Gasteiger partial charge >= 0.3 is 0 Å². The molecule has 4 heteroatoms. The average molecular weight is 367 g/mol. The molecule has 2 aliphatic rings. The third-order valence-electron chi connectivity index (χ3n) is 5.43. The van der Waals surface area contributed by atoms with E-state index in [9.17, 15) is 4.79 Å². The number of nitrogens with zero attached hydrogens (tertiary/aromatic N) is 1. The summed E-state index contributed by atoms with van der Waals surface area (Å²) in [5, 5.41) is 3.13. The number of carbonyl (C=O) groups is 1. The molecular formula is C22H26N2OS. The maximum Gasteiger partial charge on any atom is 0.230 e. The fourth-order valence-corrected chi connectivity index (χ4v) is 4.76. The van der Waals surface area contributed by atoms with Gasteiger partial charge in [0.25, 0.3) is 0 Å². The molecule has 26 heavy (non-hydrogen) atoms. The van der Waals surface area contributed by atoms with Crippen LogP contribution in [0.2, 0.25) is 0 Å². The highest BCUT2D eigenvalue weighted by atomic mass is 32.2. The summed E-state index contributed by atoms with van der Waals surface area (Å²) in [4.78, 5) is 15.8. The number of nitrogens with one attached hydrogen (secondary N) is 1. The fourth-order valence-electron chi connectivity index (χ4n) is 3.97. The van der Waals surface area contributed by atoms with Crippen molar-refractivity contribution in [2.45, 2.75) is 30.6 Å². The van der Waals surface area contributed by atoms with Gasteiger partial charge in [0, 0.05) is 30.2 Å². The van der Waals surface area contributed by atoms with Crippen LogP contribution >= 0.6 is 11.8 Å². The number of fused-ring (bicyclic) bond motifs is 1. The molecule has 0 aromatic heterocycles. The molecule has 1 aliphatic heterocycles. The lowest BCUT2D eigenvalue weighted by molar-refractivity contribution is -0.118. The van der Waals surface area contributed by atoms with Gasteiger partial charge in [-0.15, -0.1) is 11.8 Å². The van der Waals surface area contributed by atoms with Crippen LogP contribution in [-0.4, -0.2) is 31.3 Å². The van der Waals surface area contributed by atoms with Crippen molar-refractivity contribution in [1.29, 1.82) is 0 Å². The van der Waals surface area contributed by atoms with Crippen LogP contribution in [-0.2, 0) is 17.6 Å². The molecule has 1 unspecified atom stereocenters. The topological polar surface area (TPSA) is 32.3 Å². The minimum Gasteiger partial charge on any atom is -0.371 e. The highest BCUT2D eigenvalue weighted by molar-refractivity contribution is 8.00. The van der Waals surface area contributed by atoms with Crippen molar-refractivity contribution in [3.8, 4) is 0 Å². The van der Waals surface area contributed by atoms with Gasteiger partial charge in [0.2, 0.25) is 5.91 Å². The molecule has 1 heterocycles. The van der Waals surface area contributed by atoms with E-state index in [4.69, 9.17) is 0 Å². The minimum absolute atomic E-state index is 0.147. The van der Waals surface area contributed by atoms with Gasteiger partial charge in [-0.1, -0.05) is 24.3 Å². The molecule has 1 saturated heterocycles. The summed E-state index contributed by atoms with van der Waals surface area (Å²) >= 11 is 1.65. The maximum atomic E-state index is 12.2. The molecule has 0 spiro atoms. The molecule has 1 atom stereocenters. The summed E-state index contributed by atoms with van der Waals surface area (Å²) in [6.07, 6.45) is 4.82. The van der Waals surface area contributed by atoms with Crippen molar-refractivity contribution < 1.29 is 4.79 Å². The van der Waals surface area contributed by atoms with Crippen LogP contribution in [0.3, 0.4) is 0 Å². The number of rotatable bonds is 6. The van der Waals surface area contributed by atoms with Crippen molar-refractivity contribution in [2.24, 2.45) is 5.92 Å². The standard InChI is InChI=1S/C22H26N2OS/c25-22(16-26-21-10-9-18-5-4-6-19(18)13-21)23-14-17-11-12-24(15-17)20-7-2-1-3-8-20/h1-3,7-10,13,17H,4-6,11-12,14-16H2,(H,23,25). The Kier molecular flexibility index (Phi) is 5.49. The Morgan fingerprint density at radius 3 is 2.85 bits per heavy atom. The summed E-state index contributed by atoms with van der Waals surface area (Å²) in [5.74, 6) is 1.20. The molecule has 4 rings (SSSR count). The lowest BCUT2D eigenvalue weighted by atomic mass is 10.1. The van der Waals surface area contributed by atoms with Gasteiger partial charge in [0.15, 0.2) is 0 Å². The van der Waals surface area contributed by atoms with Gasteiger partial charge in [-0.3, -0.25) is 4.79 Å². The molecule has 1 aliphatic carbocycles. The normalized spacial score (nSPS) is 18.8. The number of amides is 1. The molecule has 136 valence electrons. The lowest BCUT2D eigenvalue weighted by Gasteiger charge is -2.18. The second-order valence-electron chi connectivity index (χ2n) is 7.31. The van der Waals surface area contributed by atoms with E-state index in [0.717, 1.165) is 26.1 Å². The van der Waals surface area contributed by atoms with E-state index >= 15 is 0 Å². The molecule has 2 aromatic carbocycles. The molecule has 0 bridgehead atoms. The first-order valence-electron chi connectivity index (χ1n) is 9.59. The zero-order valence-corrected chi connectivity index (χ0v) is 15.9. The predicted molar refractivity (Wildman–Crippen MR) is 109 cm³/mol. The summed E-state index contributed by atoms with van der Waals surface area (Å²) < 4.78 is 0. The van der Waals surface area contributed by atoms with Crippen molar-refractivity contribution in [2.75, 3.05) is 30.3 Å². The van der Waals surface area contributed by atoms with Crippen molar-refractivity contribution in [3.05, 3.63) is 59.7 Å². The monoisotopic (exact) mass is 366 g/mol. The van der Waals surface area contributed by atoms with E-state index in [1.807, 2.05) is 0 Å². The summed E-state index contributed by atoms with van der Waals surface area (Å²) in [6.45, 7) is 2.89. The average Bonchev–Trinajstić information content (AvgIpc) is 3.34. The Morgan fingerprint density at radius 2 is 1.96 bits per heavy atom. The Bertz CT molecular complexity index is 762. The molecule has 2 aromatic rings. The van der Waals surface area contributed by atoms with E-state index < -0.39 is 0 Å². The van der Waals surface area contributed by atoms with E-state index in [2.05, 4.69) is 58.7 Å². The minimum atomic E-state index is 0.147. The molecule has 1 fully saturated rings. The smallest absolute Gasteiger partial charge is 0.230 e. The van der Waals surface area contributed by atoms with E-state index in [1.54, 1.807) is 11.8 Å². The first-order valence-corrected chi connectivity index (χ1v) is 10.6. The van der Waals surface area contributed by atoms with Crippen molar-refractivity contribution in [3.63, 3.8) is 0 Å². The van der Waals surface area contributed by atoms with Crippen LogP contribution in [0.25, 0.3) is 0 Å². The fraction of sp³-hybridized carbons (Fsp3) is 0.409. The van der Waals surface area contributed by atoms with Crippen LogP contribution in [0.4, 0.5) is 5.69 Å². The van der Waals surface area contributed by atoms with Gasteiger partial charge in [-0.25, -0.2) is 0 Å². The number of hydrogen-bond acceptors (Lipinski definition) is 3. The van der Waals surface area contributed by atoms with Crippen LogP contribution in [0.15, 0.2) is 53.4 Å². The van der Waals surface area contributed by atoms with Crippen molar-refractivity contribution >= 4 is 23.4 Å². The predicted octanol–water partition coefficient (Wildman–Crippen LogP) is 3.91. The van der Waals surface area contributed by atoms with Crippen molar-refractivity contribution in [1.82, 2.24) is 5.32 Å². The highest BCUT2D eigenvalue weighted by Crippen LogP contribution is 2.27. The number of benzene rings is 2. The Hall–Kier alpha value is -1.94. The van der Waals surface area contributed by atoms with E-state index in [1.165, 1.54) is 41.0 Å². The van der Waals surface area contributed by atoms with Gasteiger partial charge in [0.05, 0.1) is 5.75 Å². The van der Waals surface area contributed by atoms with Crippen LogP contribution < -0.4 is 10.2 Å². The molecule has 1 N–H and O–H groups in total. The number of para-hydroxylation sites is 1. The number of carbonyl (C=O) groups excluding carboxylic acids is 1. The Balaban J connectivity index is 1.20. The van der Waals surface area contributed by atoms with Crippen LogP contribution in [0.1, 0.15) is 24.0 Å². The summed E-state index contributed by atoms with van der Waals surface area (Å²) in [6, 6.07) is 17.2. The SMILES string of the molecule is O=C(CSc1ccc2c(c1)CCC2)NCC1CCN(c2ccccc2)C1. The van der Waals surface area contributed by atoms with Crippen LogP contribution in [0, 0.1) is 5.92 Å². The second kappa shape index (κ2) is 8.17. The second-order valence-corrected chi connectivity index (χ2v) is 8.36. The van der Waals surface area contributed by atoms with Gasteiger partial charge in [-0.2, -0.15) is 0 Å². The third kappa shape index (κ3) is 4.24. The first-order chi connectivity index (χ1) is 12.8. The zero-order chi connectivity index (χ0) is 17.8. The largest absolute Gasteiger partial charge is 0.371 e. The maximum absolute atomic E-state index is 12.2. The quantitative estimate of drug-likeness (QED) is 0.787. The van der Waals surface area contributed by atoms with Gasteiger partial charge < -0.3 is 10.2 Å². The Labute approximate surface area is 160 Å². The number of aryl methyl sites for hydroxylation is 2. The van der Waals surface area contributed by atoms with E-state index in [-0.39, 0.29) is 5.91 Å².